The maximum atomic E-state index is 13.7. The monoisotopic (exact) mass is 293 g/mol. The first kappa shape index (κ1) is 16.4. The van der Waals surface area contributed by atoms with Gasteiger partial charge in [0, 0.05) is 11.6 Å². The van der Waals surface area contributed by atoms with Gasteiger partial charge >= 0.3 is 5.97 Å². The Labute approximate surface area is 113 Å². The Hall–Kier alpha value is -1.63. The standard InChI is InChI=1S/C13H15F4NO2/c1-3-6(4-9(18)13(19)20-2)10-11(16)7(14)5-8(15)12(10)17/h5-6,9H,3-4,18H2,1-2H3. The molecule has 20 heavy (non-hydrogen) atoms. The van der Waals surface area contributed by atoms with Crippen LogP contribution in [0, 0.1) is 23.3 Å². The van der Waals surface area contributed by atoms with E-state index in [9.17, 15) is 22.4 Å². The van der Waals surface area contributed by atoms with Crippen molar-refractivity contribution in [2.24, 2.45) is 5.73 Å². The van der Waals surface area contributed by atoms with Gasteiger partial charge in [0.25, 0.3) is 0 Å². The number of hydrogen-bond acceptors (Lipinski definition) is 3. The molecule has 0 fully saturated rings. The highest BCUT2D eigenvalue weighted by Crippen LogP contribution is 2.31. The number of benzene rings is 1. The van der Waals surface area contributed by atoms with Crippen LogP contribution in [0.1, 0.15) is 31.2 Å². The average Bonchev–Trinajstić information content (AvgIpc) is 2.43. The van der Waals surface area contributed by atoms with E-state index in [0.29, 0.717) is 0 Å². The number of carbonyl (C=O) groups excluding carboxylic acids is 1. The fourth-order valence-corrected chi connectivity index (χ4v) is 1.99. The topological polar surface area (TPSA) is 52.3 Å². The van der Waals surface area contributed by atoms with Gasteiger partial charge in [0.1, 0.15) is 6.04 Å². The Kier molecular flexibility index (Phi) is 5.50. The molecule has 0 aliphatic rings. The van der Waals surface area contributed by atoms with E-state index in [1.54, 1.807) is 6.92 Å². The molecule has 0 aliphatic carbocycles. The first-order valence-electron chi connectivity index (χ1n) is 5.99. The molecule has 1 aromatic carbocycles. The molecule has 7 heteroatoms. The van der Waals surface area contributed by atoms with Crippen LogP contribution in [0.3, 0.4) is 0 Å². The number of ether oxygens (including phenoxy) is 1. The van der Waals surface area contributed by atoms with Crippen molar-refractivity contribution in [2.75, 3.05) is 7.11 Å². The molecule has 0 heterocycles. The zero-order valence-corrected chi connectivity index (χ0v) is 11.1. The van der Waals surface area contributed by atoms with E-state index in [-0.39, 0.29) is 18.9 Å². The maximum Gasteiger partial charge on any atom is 0.322 e. The third-order valence-corrected chi connectivity index (χ3v) is 3.09. The molecular weight excluding hydrogens is 278 g/mol. The molecule has 2 unspecified atom stereocenters. The predicted molar refractivity (Wildman–Crippen MR) is 63.9 cm³/mol. The van der Waals surface area contributed by atoms with E-state index < -0.39 is 46.8 Å². The highest BCUT2D eigenvalue weighted by Gasteiger charge is 2.28. The zero-order chi connectivity index (χ0) is 15.4. The number of carbonyl (C=O) groups is 1. The van der Waals surface area contributed by atoms with E-state index in [2.05, 4.69) is 4.74 Å². The van der Waals surface area contributed by atoms with Gasteiger partial charge < -0.3 is 10.5 Å². The van der Waals surface area contributed by atoms with Crippen LogP contribution < -0.4 is 5.73 Å². The normalized spacial score (nSPS) is 13.9. The van der Waals surface area contributed by atoms with Crippen LogP contribution in [0.2, 0.25) is 0 Å². The smallest absolute Gasteiger partial charge is 0.322 e. The van der Waals surface area contributed by atoms with Gasteiger partial charge in [-0.1, -0.05) is 6.92 Å². The van der Waals surface area contributed by atoms with E-state index in [1.807, 2.05) is 0 Å². The fourth-order valence-electron chi connectivity index (χ4n) is 1.99. The van der Waals surface area contributed by atoms with Crippen molar-refractivity contribution in [3.05, 3.63) is 34.9 Å². The van der Waals surface area contributed by atoms with E-state index >= 15 is 0 Å². The molecule has 112 valence electrons. The average molecular weight is 293 g/mol. The molecule has 0 radical (unpaired) electrons. The molecule has 0 saturated heterocycles. The predicted octanol–water partition coefficient (Wildman–Crippen LogP) is 2.63. The quantitative estimate of drug-likeness (QED) is 0.516. The first-order valence-corrected chi connectivity index (χ1v) is 5.99. The van der Waals surface area contributed by atoms with Gasteiger partial charge in [-0.3, -0.25) is 4.79 Å². The second-order valence-electron chi connectivity index (χ2n) is 4.35. The van der Waals surface area contributed by atoms with Gasteiger partial charge in [0.15, 0.2) is 23.3 Å². The molecular formula is C13H15F4NO2. The van der Waals surface area contributed by atoms with Gasteiger partial charge in [-0.2, -0.15) is 0 Å². The van der Waals surface area contributed by atoms with E-state index in [4.69, 9.17) is 5.73 Å². The Bertz CT molecular complexity index is 481. The van der Waals surface area contributed by atoms with Crippen molar-refractivity contribution >= 4 is 5.97 Å². The number of hydrogen-bond donors (Lipinski definition) is 1. The molecule has 2 atom stereocenters. The zero-order valence-electron chi connectivity index (χ0n) is 11.1. The molecule has 1 aromatic rings. The lowest BCUT2D eigenvalue weighted by Crippen LogP contribution is -2.33. The largest absolute Gasteiger partial charge is 0.468 e. The molecule has 0 amide bonds. The molecule has 2 N–H and O–H groups in total. The van der Waals surface area contributed by atoms with Crippen LogP contribution in [0.4, 0.5) is 17.6 Å². The summed E-state index contributed by atoms with van der Waals surface area (Å²) >= 11 is 0. The van der Waals surface area contributed by atoms with Crippen molar-refractivity contribution in [3.8, 4) is 0 Å². The number of esters is 1. The molecule has 3 nitrogen and oxygen atoms in total. The summed E-state index contributed by atoms with van der Waals surface area (Å²) in [5, 5.41) is 0. The highest BCUT2D eigenvalue weighted by molar-refractivity contribution is 5.75. The summed E-state index contributed by atoms with van der Waals surface area (Å²) < 4.78 is 58.1. The maximum absolute atomic E-state index is 13.7. The second kappa shape index (κ2) is 6.69. The molecule has 0 saturated carbocycles. The van der Waals surface area contributed by atoms with E-state index in [1.165, 1.54) is 0 Å². The molecule has 1 rings (SSSR count). The van der Waals surface area contributed by atoms with Gasteiger partial charge in [-0.05, 0) is 18.8 Å². The third kappa shape index (κ3) is 3.27. The number of methoxy groups -OCH3 is 1. The number of rotatable bonds is 5. The minimum Gasteiger partial charge on any atom is -0.468 e. The Morgan fingerprint density at radius 2 is 1.75 bits per heavy atom. The summed E-state index contributed by atoms with van der Waals surface area (Å²) in [6.07, 6.45) is -0.0265. The summed E-state index contributed by atoms with van der Waals surface area (Å²) in [7, 11) is 1.12. The second-order valence-corrected chi connectivity index (χ2v) is 4.35. The molecule has 0 bridgehead atoms. The number of nitrogens with two attached hydrogens (primary N) is 1. The lowest BCUT2D eigenvalue weighted by Gasteiger charge is -2.20. The SMILES string of the molecule is CCC(CC(N)C(=O)OC)c1c(F)c(F)cc(F)c1F. The van der Waals surface area contributed by atoms with Crippen LogP contribution in [-0.2, 0) is 9.53 Å². The summed E-state index contributed by atoms with van der Waals surface area (Å²) in [6, 6.07) is -0.990. The Morgan fingerprint density at radius 1 is 1.25 bits per heavy atom. The summed E-state index contributed by atoms with van der Waals surface area (Å²) in [4.78, 5) is 11.2. The first-order chi connectivity index (χ1) is 9.33. The van der Waals surface area contributed by atoms with Crippen molar-refractivity contribution in [1.29, 1.82) is 0 Å². The Morgan fingerprint density at radius 3 is 2.15 bits per heavy atom. The van der Waals surface area contributed by atoms with E-state index in [0.717, 1.165) is 7.11 Å². The van der Waals surface area contributed by atoms with Crippen molar-refractivity contribution in [3.63, 3.8) is 0 Å². The molecule has 0 spiro atoms. The van der Waals surface area contributed by atoms with Crippen LogP contribution in [-0.4, -0.2) is 19.1 Å². The fraction of sp³-hybridized carbons (Fsp3) is 0.462. The van der Waals surface area contributed by atoms with Gasteiger partial charge in [0.05, 0.1) is 7.11 Å². The number of halogens is 4. The Balaban J connectivity index is 3.16. The third-order valence-electron chi connectivity index (χ3n) is 3.09. The van der Waals surface area contributed by atoms with Gasteiger partial charge in [-0.15, -0.1) is 0 Å². The van der Waals surface area contributed by atoms with Gasteiger partial charge in [-0.25, -0.2) is 17.6 Å². The highest BCUT2D eigenvalue weighted by atomic mass is 19.2. The van der Waals surface area contributed by atoms with Crippen molar-refractivity contribution in [1.82, 2.24) is 0 Å². The molecule has 0 aromatic heterocycles. The van der Waals surface area contributed by atoms with Crippen LogP contribution in [0.25, 0.3) is 0 Å². The van der Waals surface area contributed by atoms with Crippen LogP contribution >= 0.6 is 0 Å². The minimum atomic E-state index is -1.48. The lowest BCUT2D eigenvalue weighted by atomic mass is 9.89. The minimum absolute atomic E-state index is 0.140. The van der Waals surface area contributed by atoms with Crippen molar-refractivity contribution < 1.29 is 27.1 Å². The lowest BCUT2D eigenvalue weighted by molar-refractivity contribution is -0.142. The van der Waals surface area contributed by atoms with Gasteiger partial charge in [0.2, 0.25) is 0 Å². The van der Waals surface area contributed by atoms with Crippen LogP contribution in [0.5, 0.6) is 0 Å². The van der Waals surface area contributed by atoms with Crippen molar-refractivity contribution in [2.45, 2.75) is 31.7 Å². The van der Waals surface area contributed by atoms with Crippen LogP contribution in [0.15, 0.2) is 6.07 Å². The molecule has 0 aliphatic heterocycles. The summed E-state index contributed by atoms with van der Waals surface area (Å²) in [5.41, 5.74) is 4.78. The summed E-state index contributed by atoms with van der Waals surface area (Å²) in [6.45, 7) is 1.57. The summed E-state index contributed by atoms with van der Waals surface area (Å²) in [5.74, 6) is -7.59.